The van der Waals surface area contributed by atoms with Crippen LogP contribution in [0.5, 0.6) is 0 Å². The topological polar surface area (TPSA) is 20.3 Å². The average Bonchev–Trinajstić information content (AvgIpc) is 2.30. The zero-order valence-electron chi connectivity index (χ0n) is 12.3. The Kier molecular flexibility index (Phi) is 4.94. The summed E-state index contributed by atoms with van der Waals surface area (Å²) in [5.41, 5.74) is 2.23. The van der Waals surface area contributed by atoms with Crippen molar-refractivity contribution < 1.29 is 4.79 Å². The van der Waals surface area contributed by atoms with Crippen LogP contribution < -0.4 is 4.90 Å². The maximum Gasteiger partial charge on any atom is 0.139 e. The van der Waals surface area contributed by atoms with Crippen molar-refractivity contribution in [3.05, 3.63) is 29.8 Å². The molecule has 1 aromatic rings. The van der Waals surface area contributed by atoms with Crippen molar-refractivity contribution in [2.24, 2.45) is 5.41 Å². The van der Waals surface area contributed by atoms with Gasteiger partial charge in [0.15, 0.2) is 0 Å². The minimum Gasteiger partial charge on any atom is -0.371 e. The Morgan fingerprint density at radius 2 is 1.72 bits per heavy atom. The summed E-state index contributed by atoms with van der Waals surface area (Å²) in [6, 6.07) is 8.48. The van der Waals surface area contributed by atoms with Gasteiger partial charge in [-0.2, -0.15) is 0 Å². The SMILES string of the molecule is CCN(CCC(=O)C(C)(C)C)c1ccc(C)cc1. The van der Waals surface area contributed by atoms with Crippen LogP contribution >= 0.6 is 0 Å². The van der Waals surface area contributed by atoms with Crippen LogP contribution in [-0.4, -0.2) is 18.9 Å². The number of Topliss-reactive ketones (excluding diaryl/α,β-unsaturated/α-hetero) is 1. The molecule has 0 radical (unpaired) electrons. The fourth-order valence-corrected chi connectivity index (χ4v) is 1.84. The summed E-state index contributed by atoms with van der Waals surface area (Å²) >= 11 is 0. The first-order valence-electron chi connectivity index (χ1n) is 6.69. The van der Waals surface area contributed by atoms with Crippen molar-refractivity contribution in [1.82, 2.24) is 0 Å². The Labute approximate surface area is 111 Å². The molecule has 0 N–H and O–H groups in total. The summed E-state index contributed by atoms with van der Waals surface area (Å²) in [6.45, 7) is 11.9. The van der Waals surface area contributed by atoms with Crippen LogP contribution in [0.3, 0.4) is 0 Å². The predicted octanol–water partition coefficient (Wildman–Crippen LogP) is 3.83. The first-order valence-corrected chi connectivity index (χ1v) is 6.69. The second kappa shape index (κ2) is 6.03. The molecular formula is C16H25NO. The second-order valence-corrected chi connectivity index (χ2v) is 5.84. The highest BCUT2D eigenvalue weighted by Gasteiger charge is 2.21. The van der Waals surface area contributed by atoms with E-state index in [0.29, 0.717) is 12.2 Å². The second-order valence-electron chi connectivity index (χ2n) is 5.84. The lowest BCUT2D eigenvalue weighted by molar-refractivity contribution is -0.126. The molecule has 0 spiro atoms. The van der Waals surface area contributed by atoms with Crippen LogP contribution in [0, 0.1) is 12.3 Å². The molecule has 0 aliphatic carbocycles. The molecule has 0 saturated carbocycles. The van der Waals surface area contributed by atoms with Crippen molar-refractivity contribution in [3.63, 3.8) is 0 Å². The van der Waals surface area contributed by atoms with Gasteiger partial charge in [-0.25, -0.2) is 0 Å². The maximum absolute atomic E-state index is 11.9. The molecule has 0 aromatic heterocycles. The van der Waals surface area contributed by atoms with E-state index in [1.807, 2.05) is 20.8 Å². The fraction of sp³-hybridized carbons (Fsp3) is 0.562. The third-order valence-corrected chi connectivity index (χ3v) is 3.23. The van der Waals surface area contributed by atoms with Gasteiger partial charge in [-0.05, 0) is 26.0 Å². The molecule has 0 fully saturated rings. The minimum atomic E-state index is -0.229. The first kappa shape index (κ1) is 14.7. The summed E-state index contributed by atoms with van der Waals surface area (Å²) in [7, 11) is 0. The number of aryl methyl sites for hydroxylation is 1. The number of nitrogens with zero attached hydrogens (tertiary/aromatic N) is 1. The smallest absolute Gasteiger partial charge is 0.139 e. The number of hydrogen-bond acceptors (Lipinski definition) is 2. The van der Waals surface area contributed by atoms with E-state index in [0.717, 1.165) is 13.1 Å². The number of ketones is 1. The van der Waals surface area contributed by atoms with Gasteiger partial charge in [0.05, 0.1) is 0 Å². The number of carbonyl (C=O) groups is 1. The van der Waals surface area contributed by atoms with E-state index < -0.39 is 0 Å². The molecule has 0 amide bonds. The van der Waals surface area contributed by atoms with Gasteiger partial charge in [-0.1, -0.05) is 38.5 Å². The Hall–Kier alpha value is -1.31. The average molecular weight is 247 g/mol. The molecule has 0 aliphatic heterocycles. The largest absolute Gasteiger partial charge is 0.371 e. The van der Waals surface area contributed by atoms with E-state index in [1.165, 1.54) is 11.3 Å². The van der Waals surface area contributed by atoms with Crippen LogP contribution in [-0.2, 0) is 4.79 Å². The van der Waals surface area contributed by atoms with Crippen LogP contribution in [0.1, 0.15) is 39.7 Å². The monoisotopic (exact) mass is 247 g/mol. The molecule has 18 heavy (non-hydrogen) atoms. The summed E-state index contributed by atoms with van der Waals surface area (Å²) in [5, 5.41) is 0. The van der Waals surface area contributed by atoms with E-state index in [4.69, 9.17) is 0 Å². The van der Waals surface area contributed by atoms with Gasteiger partial charge in [0.1, 0.15) is 5.78 Å². The van der Waals surface area contributed by atoms with Gasteiger partial charge in [0.25, 0.3) is 0 Å². The van der Waals surface area contributed by atoms with E-state index in [9.17, 15) is 4.79 Å². The van der Waals surface area contributed by atoms with Gasteiger partial charge in [-0.3, -0.25) is 4.79 Å². The Morgan fingerprint density at radius 1 is 1.17 bits per heavy atom. The fourth-order valence-electron chi connectivity index (χ4n) is 1.84. The van der Waals surface area contributed by atoms with E-state index in [-0.39, 0.29) is 5.41 Å². The maximum atomic E-state index is 11.9. The molecule has 100 valence electrons. The number of anilines is 1. The van der Waals surface area contributed by atoms with Crippen LogP contribution in [0.15, 0.2) is 24.3 Å². The Balaban J connectivity index is 2.63. The quantitative estimate of drug-likeness (QED) is 0.788. The highest BCUT2D eigenvalue weighted by atomic mass is 16.1. The summed E-state index contributed by atoms with van der Waals surface area (Å²) in [6.07, 6.45) is 0.616. The van der Waals surface area contributed by atoms with E-state index in [2.05, 4.69) is 43.0 Å². The Morgan fingerprint density at radius 3 is 2.17 bits per heavy atom. The van der Waals surface area contributed by atoms with E-state index in [1.54, 1.807) is 0 Å². The predicted molar refractivity (Wildman–Crippen MR) is 78.1 cm³/mol. The standard InChI is InChI=1S/C16H25NO/c1-6-17(12-11-15(18)16(3,4)5)14-9-7-13(2)8-10-14/h7-10H,6,11-12H2,1-5H3. The first-order chi connectivity index (χ1) is 8.34. The zero-order chi connectivity index (χ0) is 13.8. The van der Waals surface area contributed by atoms with Crippen molar-refractivity contribution >= 4 is 11.5 Å². The molecule has 2 heteroatoms. The van der Waals surface area contributed by atoms with Crippen LogP contribution in [0.4, 0.5) is 5.69 Å². The molecule has 0 bridgehead atoms. The van der Waals surface area contributed by atoms with Gasteiger partial charge >= 0.3 is 0 Å². The van der Waals surface area contributed by atoms with Gasteiger partial charge < -0.3 is 4.90 Å². The highest BCUT2D eigenvalue weighted by molar-refractivity contribution is 5.84. The molecule has 0 saturated heterocycles. The minimum absolute atomic E-state index is 0.229. The van der Waals surface area contributed by atoms with Crippen molar-refractivity contribution in [2.75, 3.05) is 18.0 Å². The molecule has 0 aliphatic rings. The van der Waals surface area contributed by atoms with Gasteiger partial charge in [0, 0.05) is 30.6 Å². The molecule has 0 unspecified atom stereocenters. The molecular weight excluding hydrogens is 222 g/mol. The summed E-state index contributed by atoms with van der Waals surface area (Å²) in [5.74, 6) is 0.327. The summed E-state index contributed by atoms with van der Waals surface area (Å²) in [4.78, 5) is 14.2. The van der Waals surface area contributed by atoms with Crippen LogP contribution in [0.25, 0.3) is 0 Å². The Bertz CT molecular complexity index is 387. The molecule has 0 atom stereocenters. The van der Waals surface area contributed by atoms with Crippen molar-refractivity contribution in [1.29, 1.82) is 0 Å². The van der Waals surface area contributed by atoms with Gasteiger partial charge in [0.2, 0.25) is 0 Å². The summed E-state index contributed by atoms with van der Waals surface area (Å²) < 4.78 is 0. The molecule has 1 aromatic carbocycles. The van der Waals surface area contributed by atoms with E-state index >= 15 is 0 Å². The van der Waals surface area contributed by atoms with Crippen molar-refractivity contribution in [3.8, 4) is 0 Å². The third kappa shape index (κ3) is 4.17. The third-order valence-electron chi connectivity index (χ3n) is 3.23. The normalized spacial score (nSPS) is 11.4. The number of rotatable bonds is 5. The van der Waals surface area contributed by atoms with Gasteiger partial charge in [-0.15, -0.1) is 0 Å². The molecule has 2 nitrogen and oxygen atoms in total. The number of benzene rings is 1. The number of hydrogen-bond donors (Lipinski definition) is 0. The number of carbonyl (C=O) groups excluding carboxylic acids is 1. The van der Waals surface area contributed by atoms with Crippen molar-refractivity contribution in [2.45, 2.75) is 41.0 Å². The lowest BCUT2D eigenvalue weighted by Crippen LogP contribution is -2.29. The highest BCUT2D eigenvalue weighted by Crippen LogP contribution is 2.19. The molecule has 0 heterocycles. The van der Waals surface area contributed by atoms with Crippen LogP contribution in [0.2, 0.25) is 0 Å². The lowest BCUT2D eigenvalue weighted by Gasteiger charge is -2.25. The molecule has 1 rings (SSSR count). The zero-order valence-corrected chi connectivity index (χ0v) is 12.3. The lowest BCUT2D eigenvalue weighted by atomic mass is 9.89.